The Bertz CT molecular complexity index is 1360. The molecular formula is C25H18BrFN2O3. The van der Waals surface area contributed by atoms with Gasteiger partial charge in [-0.1, -0.05) is 53.2 Å². The molecule has 4 aromatic rings. The van der Waals surface area contributed by atoms with E-state index in [-0.39, 0.29) is 11.3 Å². The second-order valence-electron chi connectivity index (χ2n) is 7.15. The first-order chi connectivity index (χ1) is 15.4. The van der Waals surface area contributed by atoms with Crippen molar-refractivity contribution in [3.8, 4) is 11.3 Å². The van der Waals surface area contributed by atoms with Crippen LogP contribution in [0.15, 0.2) is 71.2 Å². The number of halogens is 2. The van der Waals surface area contributed by atoms with Crippen LogP contribution < -0.4 is 5.32 Å². The van der Waals surface area contributed by atoms with Gasteiger partial charge in [0.15, 0.2) is 0 Å². The summed E-state index contributed by atoms with van der Waals surface area (Å²) < 4.78 is 15.3. The van der Waals surface area contributed by atoms with Gasteiger partial charge in [-0.25, -0.2) is 14.2 Å². The summed E-state index contributed by atoms with van der Waals surface area (Å²) in [5, 5.41) is 12.3. The second-order valence-corrected chi connectivity index (χ2v) is 8.06. The zero-order valence-electron chi connectivity index (χ0n) is 17.0. The SMILES string of the molecule is CCc1c(-c2ccccc2)nc2ccc(Br)cc2c1C(=O)Nc1ccc(C(=O)O)cc1F. The Hall–Kier alpha value is -3.58. The molecule has 0 aliphatic heterocycles. The highest BCUT2D eigenvalue weighted by atomic mass is 79.9. The van der Waals surface area contributed by atoms with E-state index in [1.54, 1.807) is 0 Å². The molecule has 0 spiro atoms. The van der Waals surface area contributed by atoms with Crippen molar-refractivity contribution in [2.24, 2.45) is 0 Å². The summed E-state index contributed by atoms with van der Waals surface area (Å²) in [5.41, 5.74) is 3.05. The summed E-state index contributed by atoms with van der Waals surface area (Å²) in [6.07, 6.45) is 0.531. The predicted molar refractivity (Wildman–Crippen MR) is 126 cm³/mol. The minimum absolute atomic E-state index is 0.0942. The molecule has 0 radical (unpaired) electrons. The van der Waals surface area contributed by atoms with Crippen LogP contribution in [-0.2, 0) is 6.42 Å². The summed E-state index contributed by atoms with van der Waals surface area (Å²) in [6, 6.07) is 18.4. The van der Waals surface area contributed by atoms with Gasteiger partial charge in [0.1, 0.15) is 5.82 Å². The van der Waals surface area contributed by atoms with E-state index in [4.69, 9.17) is 10.1 Å². The lowest BCUT2D eigenvalue weighted by Crippen LogP contribution is -2.17. The number of carbonyl (C=O) groups is 2. The van der Waals surface area contributed by atoms with E-state index in [1.165, 1.54) is 12.1 Å². The minimum atomic E-state index is -1.24. The molecule has 4 rings (SSSR count). The quantitative estimate of drug-likeness (QED) is 0.341. The third-order valence-corrected chi connectivity index (χ3v) is 5.63. The fourth-order valence-corrected chi connectivity index (χ4v) is 4.01. The maximum absolute atomic E-state index is 14.5. The number of anilines is 1. The third-order valence-electron chi connectivity index (χ3n) is 5.14. The number of hydrogen-bond acceptors (Lipinski definition) is 3. The smallest absolute Gasteiger partial charge is 0.335 e. The first-order valence-corrected chi connectivity index (χ1v) is 10.7. The number of benzene rings is 3. The largest absolute Gasteiger partial charge is 0.478 e. The van der Waals surface area contributed by atoms with E-state index in [1.807, 2.05) is 55.5 Å². The number of carbonyl (C=O) groups excluding carboxylic acids is 1. The lowest BCUT2D eigenvalue weighted by molar-refractivity contribution is 0.0696. The molecule has 0 aliphatic carbocycles. The molecule has 2 N–H and O–H groups in total. The van der Waals surface area contributed by atoms with E-state index in [0.29, 0.717) is 28.6 Å². The number of hydrogen-bond donors (Lipinski definition) is 2. The van der Waals surface area contributed by atoms with Crippen LogP contribution in [0.5, 0.6) is 0 Å². The molecule has 32 heavy (non-hydrogen) atoms. The Morgan fingerprint density at radius 2 is 1.81 bits per heavy atom. The molecule has 3 aromatic carbocycles. The zero-order valence-corrected chi connectivity index (χ0v) is 18.6. The second kappa shape index (κ2) is 8.88. The molecule has 0 saturated heterocycles. The van der Waals surface area contributed by atoms with Crippen LogP contribution in [-0.4, -0.2) is 22.0 Å². The lowest BCUT2D eigenvalue weighted by Gasteiger charge is -2.17. The van der Waals surface area contributed by atoms with Gasteiger partial charge in [-0.15, -0.1) is 0 Å². The van der Waals surface area contributed by atoms with E-state index in [9.17, 15) is 14.0 Å². The van der Waals surface area contributed by atoms with Crippen LogP contribution in [0.2, 0.25) is 0 Å². The first-order valence-electron chi connectivity index (χ1n) is 9.90. The molecule has 1 aromatic heterocycles. The van der Waals surface area contributed by atoms with E-state index >= 15 is 0 Å². The van der Waals surface area contributed by atoms with Gasteiger partial charge in [0, 0.05) is 15.4 Å². The van der Waals surface area contributed by atoms with Crippen molar-refractivity contribution in [3.05, 3.63) is 93.7 Å². The molecule has 0 unspecified atom stereocenters. The van der Waals surface area contributed by atoms with E-state index in [2.05, 4.69) is 21.2 Å². The van der Waals surface area contributed by atoms with Gasteiger partial charge in [0.05, 0.1) is 28.0 Å². The topological polar surface area (TPSA) is 79.3 Å². The highest BCUT2D eigenvalue weighted by Gasteiger charge is 2.22. The van der Waals surface area contributed by atoms with Crippen molar-refractivity contribution in [3.63, 3.8) is 0 Å². The van der Waals surface area contributed by atoms with Crippen LogP contribution in [0.25, 0.3) is 22.2 Å². The Morgan fingerprint density at radius 3 is 2.47 bits per heavy atom. The number of nitrogens with zero attached hydrogens (tertiary/aromatic N) is 1. The zero-order chi connectivity index (χ0) is 22.8. The summed E-state index contributed by atoms with van der Waals surface area (Å²) in [7, 11) is 0. The molecule has 0 atom stereocenters. The fourth-order valence-electron chi connectivity index (χ4n) is 3.65. The third kappa shape index (κ3) is 4.11. The number of rotatable bonds is 5. The maximum atomic E-state index is 14.5. The molecule has 1 amide bonds. The average Bonchev–Trinajstić information content (AvgIpc) is 2.79. The number of carboxylic acids is 1. The minimum Gasteiger partial charge on any atom is -0.478 e. The van der Waals surface area contributed by atoms with E-state index < -0.39 is 17.7 Å². The number of pyridine rings is 1. The molecule has 0 saturated carbocycles. The molecule has 7 heteroatoms. The highest BCUT2D eigenvalue weighted by molar-refractivity contribution is 9.10. The van der Waals surface area contributed by atoms with Crippen LogP contribution in [0.3, 0.4) is 0 Å². The maximum Gasteiger partial charge on any atom is 0.335 e. The number of carboxylic acid groups (broad SMARTS) is 1. The average molecular weight is 493 g/mol. The molecular weight excluding hydrogens is 475 g/mol. The lowest BCUT2D eigenvalue weighted by atomic mass is 9.94. The number of amides is 1. The van der Waals surface area contributed by atoms with E-state index in [0.717, 1.165) is 21.7 Å². The Balaban J connectivity index is 1.89. The van der Waals surface area contributed by atoms with Gasteiger partial charge < -0.3 is 10.4 Å². The van der Waals surface area contributed by atoms with Crippen molar-refractivity contribution >= 4 is 44.4 Å². The predicted octanol–water partition coefficient (Wildman–Crippen LogP) is 6.32. The van der Waals surface area contributed by atoms with Crippen LogP contribution in [0.4, 0.5) is 10.1 Å². The summed E-state index contributed by atoms with van der Waals surface area (Å²) in [4.78, 5) is 29.3. The molecule has 160 valence electrons. The fraction of sp³-hybridized carbons (Fsp3) is 0.0800. The summed E-state index contributed by atoms with van der Waals surface area (Å²) in [5.74, 6) is -2.56. The van der Waals surface area contributed by atoms with Crippen molar-refractivity contribution in [2.75, 3.05) is 5.32 Å². The van der Waals surface area contributed by atoms with Crippen LogP contribution in [0, 0.1) is 5.82 Å². The normalized spacial score (nSPS) is 10.8. The van der Waals surface area contributed by atoms with Gasteiger partial charge in [0.25, 0.3) is 5.91 Å². The van der Waals surface area contributed by atoms with Gasteiger partial charge >= 0.3 is 5.97 Å². The monoisotopic (exact) mass is 492 g/mol. The number of aromatic nitrogens is 1. The van der Waals surface area contributed by atoms with Gasteiger partial charge in [-0.2, -0.15) is 0 Å². The molecule has 0 fully saturated rings. The van der Waals surface area contributed by atoms with Crippen molar-refractivity contribution in [1.29, 1.82) is 0 Å². The van der Waals surface area contributed by atoms with Crippen LogP contribution in [0.1, 0.15) is 33.2 Å². The van der Waals surface area contributed by atoms with Gasteiger partial charge in [-0.3, -0.25) is 4.79 Å². The summed E-state index contributed by atoms with van der Waals surface area (Å²) >= 11 is 3.45. The molecule has 0 bridgehead atoms. The number of aromatic carboxylic acids is 1. The van der Waals surface area contributed by atoms with Crippen molar-refractivity contribution in [2.45, 2.75) is 13.3 Å². The molecule has 1 heterocycles. The molecule has 5 nitrogen and oxygen atoms in total. The van der Waals surface area contributed by atoms with Gasteiger partial charge in [-0.05, 0) is 48.4 Å². The number of nitrogens with one attached hydrogen (secondary N) is 1. The first kappa shape index (κ1) is 21.6. The van der Waals surface area contributed by atoms with Gasteiger partial charge in [0.2, 0.25) is 0 Å². The van der Waals surface area contributed by atoms with Crippen LogP contribution >= 0.6 is 15.9 Å². The summed E-state index contributed by atoms with van der Waals surface area (Å²) in [6.45, 7) is 1.94. The Labute approximate surface area is 192 Å². The standard InChI is InChI=1S/C25H18BrFN2O3/c1-2-17-22(24(30)29-21-10-8-15(25(31)32)12-19(21)27)18-13-16(26)9-11-20(18)28-23(17)14-6-4-3-5-7-14/h3-13H,2H2,1H3,(H,29,30)(H,31,32). The molecule has 0 aliphatic rings. The van der Waals surface area contributed by atoms with Crippen molar-refractivity contribution in [1.82, 2.24) is 4.98 Å². The Kier molecular flexibility index (Phi) is 6.01. The highest BCUT2D eigenvalue weighted by Crippen LogP contribution is 2.33. The Morgan fingerprint density at radius 1 is 1.06 bits per heavy atom. The number of fused-ring (bicyclic) bond motifs is 1. The van der Waals surface area contributed by atoms with Crippen molar-refractivity contribution < 1.29 is 19.1 Å².